The Morgan fingerprint density at radius 3 is 2.55 bits per heavy atom. The van der Waals surface area contributed by atoms with Crippen LogP contribution in [0.3, 0.4) is 0 Å². The number of allylic oxidation sites excluding steroid dienone is 2. The van der Waals surface area contributed by atoms with E-state index in [0.29, 0.717) is 17.0 Å². The predicted octanol–water partition coefficient (Wildman–Crippen LogP) is 3.14. The van der Waals surface area contributed by atoms with Crippen LogP contribution in [0, 0.1) is 0 Å². The normalized spacial score (nSPS) is 16.6. The Hall–Kier alpha value is -3.87. The predicted molar refractivity (Wildman–Crippen MR) is 112 cm³/mol. The summed E-state index contributed by atoms with van der Waals surface area (Å²) in [6, 6.07) is 16.0. The molecule has 29 heavy (non-hydrogen) atoms. The Labute approximate surface area is 169 Å². The van der Waals surface area contributed by atoms with Crippen molar-refractivity contribution in [2.24, 2.45) is 5.10 Å². The van der Waals surface area contributed by atoms with Gasteiger partial charge in [-0.3, -0.25) is 4.79 Å². The minimum absolute atomic E-state index is 0.367. The molecular formula is C22H22N4O3. The van der Waals surface area contributed by atoms with Crippen molar-refractivity contribution in [1.82, 2.24) is 16.1 Å². The number of carbonyl (C=O) groups excluding carboxylic acids is 2. The van der Waals surface area contributed by atoms with Gasteiger partial charge in [-0.25, -0.2) is 10.2 Å². The number of benzene rings is 2. The maximum Gasteiger partial charge on any atom is 0.319 e. The lowest BCUT2D eigenvalue weighted by Gasteiger charge is -2.28. The van der Waals surface area contributed by atoms with Crippen LogP contribution in [0.1, 0.15) is 24.1 Å². The summed E-state index contributed by atoms with van der Waals surface area (Å²) in [5.74, 6) is 0.288. The van der Waals surface area contributed by atoms with Crippen molar-refractivity contribution in [3.05, 3.63) is 83.1 Å². The zero-order valence-electron chi connectivity index (χ0n) is 16.2. The second-order valence-electron chi connectivity index (χ2n) is 6.33. The van der Waals surface area contributed by atoms with Crippen LogP contribution in [-0.4, -0.2) is 25.3 Å². The number of ether oxygens (including phenoxy) is 1. The van der Waals surface area contributed by atoms with Gasteiger partial charge in [0.2, 0.25) is 0 Å². The maximum absolute atomic E-state index is 12.7. The standard InChI is InChI=1S/C22H22N4O3/c1-15-19(21(27)26-23-14-6-9-16-7-4-3-5-8-16)20(25-22(28)24-15)17-10-12-18(29-2)13-11-17/h3-14,20H,1-2H3,(H,26,27)(H2,24,25,28)/b9-6+,23-14?/t20-/m0/s1. The number of nitrogens with one attached hydrogen (secondary N) is 3. The number of urea groups is 1. The second kappa shape index (κ2) is 9.36. The molecule has 0 saturated carbocycles. The van der Waals surface area contributed by atoms with E-state index in [2.05, 4.69) is 21.2 Å². The minimum Gasteiger partial charge on any atom is -0.497 e. The molecule has 0 spiro atoms. The largest absolute Gasteiger partial charge is 0.497 e. The highest BCUT2D eigenvalue weighted by Gasteiger charge is 2.31. The van der Waals surface area contributed by atoms with Crippen LogP contribution >= 0.6 is 0 Å². The third-order valence-electron chi connectivity index (χ3n) is 4.38. The van der Waals surface area contributed by atoms with E-state index in [1.54, 1.807) is 32.2 Å². The molecule has 0 bridgehead atoms. The van der Waals surface area contributed by atoms with Crippen molar-refractivity contribution in [2.45, 2.75) is 13.0 Å². The first-order valence-corrected chi connectivity index (χ1v) is 9.06. The molecule has 7 nitrogen and oxygen atoms in total. The SMILES string of the molecule is COc1ccc([C@@H]2NC(=O)NC(C)=C2C(=O)NN=C/C=C/c2ccccc2)cc1. The number of hydrogen-bond donors (Lipinski definition) is 3. The van der Waals surface area contributed by atoms with E-state index in [1.807, 2.05) is 48.5 Å². The lowest BCUT2D eigenvalue weighted by Crippen LogP contribution is -2.46. The molecule has 1 atom stereocenters. The van der Waals surface area contributed by atoms with Gasteiger partial charge >= 0.3 is 6.03 Å². The van der Waals surface area contributed by atoms with Crippen molar-refractivity contribution in [1.29, 1.82) is 0 Å². The highest BCUT2D eigenvalue weighted by Crippen LogP contribution is 2.28. The molecule has 1 heterocycles. The maximum atomic E-state index is 12.7. The fourth-order valence-corrected chi connectivity index (χ4v) is 2.96. The summed E-state index contributed by atoms with van der Waals surface area (Å²) in [7, 11) is 1.58. The first-order chi connectivity index (χ1) is 14.1. The van der Waals surface area contributed by atoms with Gasteiger partial charge in [-0.05, 0) is 36.3 Å². The van der Waals surface area contributed by atoms with Gasteiger partial charge in [0.25, 0.3) is 5.91 Å². The molecule has 0 fully saturated rings. The summed E-state index contributed by atoms with van der Waals surface area (Å²) < 4.78 is 5.16. The zero-order chi connectivity index (χ0) is 20.6. The molecular weight excluding hydrogens is 368 g/mol. The van der Waals surface area contributed by atoms with E-state index in [-0.39, 0.29) is 6.03 Å². The fourth-order valence-electron chi connectivity index (χ4n) is 2.96. The third-order valence-corrected chi connectivity index (χ3v) is 4.38. The molecule has 2 aromatic carbocycles. The lowest BCUT2D eigenvalue weighted by atomic mass is 9.95. The fraction of sp³-hybridized carbons (Fsp3) is 0.136. The van der Waals surface area contributed by atoms with Crippen LogP contribution in [0.2, 0.25) is 0 Å². The van der Waals surface area contributed by atoms with Gasteiger partial charge < -0.3 is 15.4 Å². The Morgan fingerprint density at radius 2 is 1.86 bits per heavy atom. The van der Waals surface area contributed by atoms with E-state index in [1.165, 1.54) is 6.21 Å². The number of amides is 3. The van der Waals surface area contributed by atoms with Gasteiger partial charge in [-0.1, -0.05) is 48.5 Å². The molecule has 0 radical (unpaired) electrons. The molecule has 0 unspecified atom stereocenters. The number of hydrogen-bond acceptors (Lipinski definition) is 4. The summed E-state index contributed by atoms with van der Waals surface area (Å²) in [6.07, 6.45) is 5.11. The third kappa shape index (κ3) is 5.10. The summed E-state index contributed by atoms with van der Waals surface area (Å²) in [6.45, 7) is 1.68. The van der Waals surface area contributed by atoms with Crippen molar-refractivity contribution >= 4 is 24.2 Å². The van der Waals surface area contributed by atoms with Crippen molar-refractivity contribution in [2.75, 3.05) is 7.11 Å². The van der Waals surface area contributed by atoms with Crippen molar-refractivity contribution < 1.29 is 14.3 Å². The molecule has 1 aliphatic heterocycles. The van der Waals surface area contributed by atoms with Gasteiger partial charge in [-0.2, -0.15) is 5.10 Å². The Morgan fingerprint density at radius 1 is 1.14 bits per heavy atom. The summed E-state index contributed by atoms with van der Waals surface area (Å²) in [4.78, 5) is 24.7. The summed E-state index contributed by atoms with van der Waals surface area (Å²) in [5.41, 5.74) is 5.17. The van der Waals surface area contributed by atoms with Crippen LogP contribution in [-0.2, 0) is 4.79 Å². The van der Waals surface area contributed by atoms with Gasteiger partial charge in [0.1, 0.15) is 5.75 Å². The molecule has 0 aromatic heterocycles. The molecule has 0 aliphatic carbocycles. The average Bonchev–Trinajstić information content (AvgIpc) is 2.73. The van der Waals surface area contributed by atoms with E-state index in [0.717, 1.165) is 11.1 Å². The van der Waals surface area contributed by atoms with Crippen LogP contribution in [0.5, 0.6) is 5.75 Å². The quantitative estimate of drug-likeness (QED) is 0.523. The Bertz CT molecular complexity index is 963. The Balaban J connectivity index is 1.73. The first-order valence-electron chi connectivity index (χ1n) is 9.06. The van der Waals surface area contributed by atoms with Crippen molar-refractivity contribution in [3.8, 4) is 5.75 Å². The topological polar surface area (TPSA) is 91.8 Å². The van der Waals surface area contributed by atoms with E-state index < -0.39 is 11.9 Å². The smallest absolute Gasteiger partial charge is 0.319 e. The summed E-state index contributed by atoms with van der Waals surface area (Å²) >= 11 is 0. The average molecular weight is 390 g/mol. The number of rotatable bonds is 6. The number of hydrazone groups is 1. The van der Waals surface area contributed by atoms with Crippen LogP contribution in [0.25, 0.3) is 6.08 Å². The van der Waals surface area contributed by atoms with Crippen LogP contribution < -0.4 is 20.8 Å². The molecule has 3 amide bonds. The monoisotopic (exact) mass is 390 g/mol. The first kappa shape index (κ1) is 19.9. The van der Waals surface area contributed by atoms with Gasteiger partial charge in [0.15, 0.2) is 0 Å². The van der Waals surface area contributed by atoms with Gasteiger partial charge in [0.05, 0.1) is 18.7 Å². The molecule has 1 aliphatic rings. The lowest BCUT2D eigenvalue weighted by molar-refractivity contribution is -0.117. The molecule has 3 N–H and O–H groups in total. The number of methoxy groups -OCH3 is 1. The highest BCUT2D eigenvalue weighted by atomic mass is 16.5. The molecule has 3 rings (SSSR count). The van der Waals surface area contributed by atoms with E-state index in [9.17, 15) is 9.59 Å². The van der Waals surface area contributed by atoms with E-state index in [4.69, 9.17) is 4.74 Å². The van der Waals surface area contributed by atoms with Gasteiger partial charge in [0, 0.05) is 11.9 Å². The summed E-state index contributed by atoms with van der Waals surface area (Å²) in [5, 5.41) is 9.38. The van der Waals surface area contributed by atoms with Crippen LogP contribution in [0.4, 0.5) is 4.79 Å². The Kier molecular flexibility index (Phi) is 6.42. The molecule has 148 valence electrons. The molecule has 2 aromatic rings. The van der Waals surface area contributed by atoms with Crippen molar-refractivity contribution in [3.63, 3.8) is 0 Å². The highest BCUT2D eigenvalue weighted by molar-refractivity contribution is 5.98. The van der Waals surface area contributed by atoms with E-state index >= 15 is 0 Å². The second-order valence-corrected chi connectivity index (χ2v) is 6.33. The number of carbonyl (C=O) groups is 2. The minimum atomic E-state index is -0.593. The zero-order valence-corrected chi connectivity index (χ0v) is 16.2. The number of nitrogens with zero attached hydrogens (tertiary/aromatic N) is 1. The van der Waals surface area contributed by atoms with Gasteiger partial charge in [-0.15, -0.1) is 0 Å². The molecule has 7 heteroatoms. The molecule has 0 saturated heterocycles. The van der Waals surface area contributed by atoms with Crippen LogP contribution in [0.15, 0.2) is 77.0 Å².